The Balaban J connectivity index is 4.81. The lowest BCUT2D eigenvalue weighted by Gasteiger charge is -2.39. The SMILES string of the molecule is C=C[Si](C)(C)CC(C)(C)C[Si](C)(C)C[Si](C)(C)C=C. The summed E-state index contributed by atoms with van der Waals surface area (Å²) in [5.74, 6) is 0. The Morgan fingerprint density at radius 1 is 0.789 bits per heavy atom. The van der Waals surface area contributed by atoms with Gasteiger partial charge in [-0.15, -0.1) is 24.6 Å². The molecule has 0 nitrogen and oxygen atoms in total. The van der Waals surface area contributed by atoms with Gasteiger partial charge < -0.3 is 0 Å². The largest absolute Gasteiger partial charge is 0.107 e. The maximum atomic E-state index is 4.06. The highest BCUT2D eigenvalue weighted by molar-refractivity contribution is 6.97. The standard InChI is InChI=1S/C16H36Si3/c1-11-17(5,6)13-16(3,4)14-19(9,10)15-18(7,8)12-2/h11-12H,1-2,13-15H2,3-10H3. The van der Waals surface area contributed by atoms with Gasteiger partial charge in [0.05, 0.1) is 16.1 Å². The summed E-state index contributed by atoms with van der Waals surface area (Å²) < 4.78 is 0. The molecule has 0 rings (SSSR count). The van der Waals surface area contributed by atoms with E-state index in [0.717, 1.165) is 0 Å². The molecule has 0 unspecified atom stereocenters. The highest BCUT2D eigenvalue weighted by atomic mass is 28.4. The molecule has 0 spiro atoms. The molecule has 0 amide bonds. The minimum atomic E-state index is -1.20. The van der Waals surface area contributed by atoms with Crippen molar-refractivity contribution in [3.63, 3.8) is 0 Å². The Bertz CT molecular complexity index is 293. The van der Waals surface area contributed by atoms with Crippen LogP contribution in [0.5, 0.6) is 0 Å². The molecule has 0 fully saturated rings. The monoisotopic (exact) mass is 312 g/mol. The van der Waals surface area contributed by atoms with Crippen LogP contribution >= 0.6 is 0 Å². The molecular formula is C16H36Si3. The molecule has 112 valence electrons. The fraction of sp³-hybridized carbons (Fsp3) is 0.750. The van der Waals surface area contributed by atoms with Crippen LogP contribution < -0.4 is 0 Å². The van der Waals surface area contributed by atoms with E-state index in [-0.39, 0.29) is 0 Å². The first-order chi connectivity index (χ1) is 8.24. The molecule has 0 aromatic heterocycles. The van der Waals surface area contributed by atoms with Gasteiger partial charge in [-0.2, -0.15) is 0 Å². The van der Waals surface area contributed by atoms with Crippen molar-refractivity contribution in [1.82, 2.24) is 0 Å². The van der Waals surface area contributed by atoms with E-state index in [1.807, 2.05) is 0 Å². The second-order valence-electron chi connectivity index (χ2n) is 9.24. The molecule has 0 radical (unpaired) electrons. The van der Waals surface area contributed by atoms with Gasteiger partial charge in [-0.3, -0.25) is 0 Å². The van der Waals surface area contributed by atoms with Gasteiger partial charge in [-0.25, -0.2) is 0 Å². The molecule has 0 aliphatic rings. The molecule has 0 N–H and O–H groups in total. The van der Waals surface area contributed by atoms with Crippen LogP contribution in [0.25, 0.3) is 0 Å². The van der Waals surface area contributed by atoms with Crippen molar-refractivity contribution in [2.75, 3.05) is 0 Å². The van der Waals surface area contributed by atoms with Crippen LogP contribution in [0.1, 0.15) is 13.8 Å². The molecule has 0 aromatic rings. The zero-order valence-corrected chi connectivity index (χ0v) is 17.7. The zero-order valence-electron chi connectivity index (χ0n) is 14.7. The topological polar surface area (TPSA) is 0 Å². The van der Waals surface area contributed by atoms with Crippen molar-refractivity contribution in [1.29, 1.82) is 0 Å². The smallest absolute Gasteiger partial charge is 0.0714 e. The third-order valence-corrected chi connectivity index (χ3v) is 17.4. The number of rotatable bonds is 8. The second kappa shape index (κ2) is 6.27. The lowest BCUT2D eigenvalue weighted by Crippen LogP contribution is -2.42. The highest BCUT2D eigenvalue weighted by Crippen LogP contribution is 2.39. The Kier molecular flexibility index (Phi) is 6.31. The average Bonchev–Trinajstić information content (AvgIpc) is 2.12. The van der Waals surface area contributed by atoms with E-state index in [1.54, 1.807) is 0 Å². The maximum Gasteiger partial charge on any atom is 0.0714 e. The Labute approximate surface area is 125 Å². The molecule has 0 aliphatic carbocycles. The predicted octanol–water partition coefficient (Wildman–Crippen LogP) is 6.13. The average molecular weight is 313 g/mol. The van der Waals surface area contributed by atoms with Crippen LogP contribution in [-0.2, 0) is 0 Å². The third kappa shape index (κ3) is 8.10. The van der Waals surface area contributed by atoms with Crippen LogP contribution in [0, 0.1) is 5.41 Å². The van der Waals surface area contributed by atoms with E-state index in [9.17, 15) is 0 Å². The van der Waals surface area contributed by atoms with E-state index >= 15 is 0 Å². The zero-order chi connectivity index (χ0) is 15.5. The minimum Gasteiger partial charge on any atom is -0.107 e. The van der Waals surface area contributed by atoms with Gasteiger partial charge in [0.1, 0.15) is 0 Å². The van der Waals surface area contributed by atoms with Crippen molar-refractivity contribution in [2.45, 2.75) is 70.9 Å². The van der Waals surface area contributed by atoms with Gasteiger partial charge in [0.2, 0.25) is 0 Å². The van der Waals surface area contributed by atoms with Gasteiger partial charge in [0, 0.05) is 8.07 Å². The van der Waals surface area contributed by atoms with E-state index in [4.69, 9.17) is 0 Å². The molecule has 0 saturated carbocycles. The molecule has 0 atom stereocenters. The summed E-state index contributed by atoms with van der Waals surface area (Å²) >= 11 is 0. The molecule has 0 heterocycles. The minimum absolute atomic E-state index is 0.477. The van der Waals surface area contributed by atoms with E-state index in [2.05, 4.69) is 77.7 Å². The van der Waals surface area contributed by atoms with Crippen molar-refractivity contribution in [3.8, 4) is 0 Å². The second-order valence-corrected chi connectivity index (χ2v) is 24.5. The van der Waals surface area contributed by atoms with Gasteiger partial charge in [-0.1, -0.05) is 64.8 Å². The molecular weight excluding hydrogens is 276 g/mol. The summed E-state index contributed by atoms with van der Waals surface area (Å²) in [6.07, 6.45) is 0. The predicted molar refractivity (Wildman–Crippen MR) is 101 cm³/mol. The summed E-state index contributed by atoms with van der Waals surface area (Å²) in [7, 11) is -3.49. The summed E-state index contributed by atoms with van der Waals surface area (Å²) in [5, 5.41) is 0. The molecule has 3 heteroatoms. The summed E-state index contributed by atoms with van der Waals surface area (Å²) in [5.41, 5.74) is 6.48. The highest BCUT2D eigenvalue weighted by Gasteiger charge is 2.37. The fourth-order valence-electron chi connectivity index (χ4n) is 4.03. The first-order valence-electron chi connectivity index (χ1n) is 7.52. The first kappa shape index (κ1) is 19.1. The Morgan fingerprint density at radius 2 is 1.21 bits per heavy atom. The van der Waals surface area contributed by atoms with Crippen molar-refractivity contribution in [2.24, 2.45) is 5.41 Å². The van der Waals surface area contributed by atoms with Gasteiger partial charge in [0.15, 0.2) is 0 Å². The van der Waals surface area contributed by atoms with E-state index < -0.39 is 24.2 Å². The molecule has 0 saturated heterocycles. The quantitative estimate of drug-likeness (QED) is 0.473. The number of hydrogen-bond acceptors (Lipinski definition) is 0. The van der Waals surface area contributed by atoms with Gasteiger partial charge in [-0.05, 0) is 11.5 Å². The first-order valence-corrected chi connectivity index (χ1v) is 17.5. The molecule has 0 bridgehead atoms. The van der Waals surface area contributed by atoms with Crippen LogP contribution in [0.15, 0.2) is 24.6 Å². The Morgan fingerprint density at radius 3 is 1.58 bits per heavy atom. The maximum absolute atomic E-state index is 4.06. The van der Waals surface area contributed by atoms with Gasteiger partial charge in [0.25, 0.3) is 0 Å². The van der Waals surface area contributed by atoms with Crippen molar-refractivity contribution < 1.29 is 0 Å². The normalized spacial score (nSPS) is 14.3. The van der Waals surface area contributed by atoms with Crippen molar-refractivity contribution >= 4 is 24.2 Å². The van der Waals surface area contributed by atoms with Crippen LogP contribution in [0.4, 0.5) is 0 Å². The molecule has 19 heavy (non-hydrogen) atoms. The lowest BCUT2D eigenvalue weighted by molar-refractivity contribution is 0.454. The van der Waals surface area contributed by atoms with E-state index in [0.29, 0.717) is 5.41 Å². The third-order valence-electron chi connectivity index (χ3n) is 3.93. The van der Waals surface area contributed by atoms with Crippen LogP contribution in [-0.4, -0.2) is 24.2 Å². The van der Waals surface area contributed by atoms with Gasteiger partial charge >= 0.3 is 0 Å². The summed E-state index contributed by atoms with van der Waals surface area (Å²) in [4.78, 5) is 0. The van der Waals surface area contributed by atoms with E-state index in [1.165, 1.54) is 17.8 Å². The lowest BCUT2D eigenvalue weighted by atomic mass is 10.00. The Hall–Kier alpha value is 0.131. The molecule has 0 aliphatic heterocycles. The van der Waals surface area contributed by atoms with Crippen LogP contribution in [0.3, 0.4) is 0 Å². The van der Waals surface area contributed by atoms with Crippen LogP contribution in [0.2, 0.25) is 57.0 Å². The summed E-state index contributed by atoms with van der Waals surface area (Å²) in [6.45, 7) is 28.0. The number of hydrogen-bond donors (Lipinski definition) is 0. The summed E-state index contributed by atoms with van der Waals surface area (Å²) in [6, 6.07) is 2.81. The molecule has 0 aromatic carbocycles. The fourth-order valence-corrected chi connectivity index (χ4v) is 20.7. The van der Waals surface area contributed by atoms with Crippen molar-refractivity contribution in [3.05, 3.63) is 24.6 Å².